The molecule has 1 fully saturated rings. The molecule has 0 aliphatic carbocycles. The van der Waals surface area contributed by atoms with E-state index in [4.69, 9.17) is 0 Å². The van der Waals surface area contributed by atoms with E-state index in [1.165, 1.54) is 18.2 Å². The largest absolute Gasteiger partial charge is 0.340 e. The van der Waals surface area contributed by atoms with Crippen molar-refractivity contribution in [3.63, 3.8) is 0 Å². The monoisotopic (exact) mass is 508 g/mol. The molecule has 1 aliphatic rings. The summed E-state index contributed by atoms with van der Waals surface area (Å²) in [6.45, 7) is 4.32. The molecule has 4 amide bonds. The van der Waals surface area contributed by atoms with Gasteiger partial charge in [-0.15, -0.1) is 0 Å². The van der Waals surface area contributed by atoms with E-state index in [2.05, 4.69) is 5.32 Å². The summed E-state index contributed by atoms with van der Waals surface area (Å²) >= 11 is 0. The van der Waals surface area contributed by atoms with E-state index < -0.39 is 22.8 Å². The first kappa shape index (κ1) is 24.6. The highest BCUT2D eigenvalue weighted by Gasteiger charge is 2.37. The summed E-state index contributed by atoms with van der Waals surface area (Å²) in [5.41, 5.74) is 4.51. The number of anilines is 1. The van der Waals surface area contributed by atoms with Crippen molar-refractivity contribution in [1.29, 1.82) is 0 Å². The molecule has 9 heteroatoms. The molecule has 1 aliphatic heterocycles. The van der Waals surface area contributed by atoms with Crippen molar-refractivity contribution in [3.05, 3.63) is 111 Å². The third-order valence-electron chi connectivity index (χ3n) is 6.76. The lowest BCUT2D eigenvalue weighted by molar-refractivity contribution is -0.384. The smallest absolute Gasteiger partial charge is 0.335 e. The van der Waals surface area contributed by atoms with Gasteiger partial charge in [-0.3, -0.25) is 25.0 Å². The van der Waals surface area contributed by atoms with Gasteiger partial charge in [0.25, 0.3) is 17.5 Å². The maximum absolute atomic E-state index is 13.5. The normalized spacial score (nSPS) is 14.8. The lowest BCUT2D eigenvalue weighted by atomic mass is 10.0. The number of nitro benzene ring substituents is 1. The number of hydrogen-bond acceptors (Lipinski definition) is 5. The van der Waals surface area contributed by atoms with Gasteiger partial charge in [0.05, 0.1) is 10.6 Å². The van der Waals surface area contributed by atoms with Gasteiger partial charge in [-0.05, 0) is 48.7 Å². The maximum atomic E-state index is 13.5. The van der Waals surface area contributed by atoms with Crippen molar-refractivity contribution >= 4 is 46.2 Å². The highest BCUT2D eigenvalue weighted by molar-refractivity contribution is 6.39. The number of urea groups is 1. The minimum Gasteiger partial charge on any atom is -0.340 e. The van der Waals surface area contributed by atoms with Crippen molar-refractivity contribution in [3.8, 4) is 0 Å². The average Bonchev–Trinajstić information content (AvgIpc) is 3.17. The van der Waals surface area contributed by atoms with Crippen LogP contribution in [0.25, 0.3) is 17.0 Å². The van der Waals surface area contributed by atoms with Crippen LogP contribution in [0.1, 0.15) is 29.3 Å². The second-order valence-electron chi connectivity index (χ2n) is 9.00. The Kier molecular flexibility index (Phi) is 6.34. The molecule has 0 spiro atoms. The number of barbiturate groups is 1. The molecule has 0 bridgehead atoms. The summed E-state index contributed by atoms with van der Waals surface area (Å²) in [6, 6.07) is 20.2. The van der Waals surface area contributed by atoms with Gasteiger partial charge in [-0.1, -0.05) is 49.4 Å². The van der Waals surface area contributed by atoms with Crippen molar-refractivity contribution in [1.82, 2.24) is 9.88 Å². The molecule has 1 N–H and O–H groups in total. The summed E-state index contributed by atoms with van der Waals surface area (Å²) in [5.74, 6) is -1.46. The van der Waals surface area contributed by atoms with Crippen LogP contribution < -0.4 is 10.2 Å². The first-order chi connectivity index (χ1) is 18.3. The van der Waals surface area contributed by atoms with Gasteiger partial charge in [0.2, 0.25) is 0 Å². The number of non-ortho nitro benzene ring substituents is 1. The number of aryl methyl sites for hydroxylation is 1. The van der Waals surface area contributed by atoms with Crippen LogP contribution in [0.15, 0.2) is 78.4 Å². The van der Waals surface area contributed by atoms with Gasteiger partial charge in [-0.25, -0.2) is 9.69 Å². The molecule has 3 aromatic carbocycles. The van der Waals surface area contributed by atoms with Gasteiger partial charge in [-0.2, -0.15) is 0 Å². The Bertz CT molecular complexity index is 1630. The predicted octanol–water partition coefficient (Wildman–Crippen LogP) is 5.14. The van der Waals surface area contributed by atoms with E-state index in [9.17, 15) is 24.5 Å². The van der Waals surface area contributed by atoms with E-state index in [0.29, 0.717) is 17.8 Å². The van der Waals surface area contributed by atoms with Gasteiger partial charge < -0.3 is 4.57 Å². The number of nitrogens with one attached hydrogen (secondary N) is 1. The molecule has 9 nitrogen and oxygen atoms in total. The van der Waals surface area contributed by atoms with Crippen molar-refractivity contribution in [2.45, 2.75) is 26.8 Å². The highest BCUT2D eigenvalue weighted by atomic mass is 16.6. The van der Waals surface area contributed by atoms with E-state index in [1.807, 2.05) is 54.8 Å². The molecule has 5 rings (SSSR count). The fraction of sp³-hybridized carbons (Fsp3) is 0.138. The number of carbonyl (C=O) groups is 3. The summed E-state index contributed by atoms with van der Waals surface area (Å²) in [5, 5.41) is 14.1. The molecule has 1 aromatic heterocycles. The second kappa shape index (κ2) is 9.78. The number of fused-ring (bicyclic) bond motifs is 1. The number of carbonyl (C=O) groups excluding carboxylic acids is 3. The number of amides is 4. The molecule has 0 unspecified atom stereocenters. The zero-order valence-electron chi connectivity index (χ0n) is 20.8. The second-order valence-corrected chi connectivity index (χ2v) is 9.00. The molecule has 38 heavy (non-hydrogen) atoms. The van der Waals surface area contributed by atoms with Crippen LogP contribution >= 0.6 is 0 Å². The number of aromatic nitrogens is 1. The Morgan fingerprint density at radius 1 is 0.921 bits per heavy atom. The fourth-order valence-corrected chi connectivity index (χ4v) is 4.67. The quantitative estimate of drug-likeness (QED) is 0.168. The molecule has 0 radical (unpaired) electrons. The topological polar surface area (TPSA) is 115 Å². The first-order valence-corrected chi connectivity index (χ1v) is 12.1. The lowest BCUT2D eigenvalue weighted by Gasteiger charge is -2.26. The van der Waals surface area contributed by atoms with Crippen LogP contribution in [0.4, 0.5) is 16.2 Å². The fourth-order valence-electron chi connectivity index (χ4n) is 4.67. The Balaban J connectivity index is 1.56. The van der Waals surface area contributed by atoms with Crippen LogP contribution in [-0.2, 0) is 22.6 Å². The molecule has 4 aromatic rings. The number of para-hydroxylation sites is 1. The minimum atomic E-state index is -0.793. The summed E-state index contributed by atoms with van der Waals surface area (Å²) in [7, 11) is 0. The molecular formula is C29H24N4O5. The van der Waals surface area contributed by atoms with Gasteiger partial charge in [0.15, 0.2) is 0 Å². The molecule has 1 saturated heterocycles. The number of nitro groups is 1. The Morgan fingerprint density at radius 2 is 1.58 bits per heavy atom. The van der Waals surface area contributed by atoms with Crippen LogP contribution in [-0.4, -0.2) is 27.3 Å². The third kappa shape index (κ3) is 4.34. The average molecular weight is 509 g/mol. The molecule has 0 saturated carbocycles. The van der Waals surface area contributed by atoms with Crippen molar-refractivity contribution in [2.75, 3.05) is 4.90 Å². The van der Waals surface area contributed by atoms with Crippen LogP contribution in [0.3, 0.4) is 0 Å². The summed E-state index contributed by atoms with van der Waals surface area (Å²) in [6.07, 6.45) is 2.34. The maximum Gasteiger partial charge on any atom is 0.335 e. The summed E-state index contributed by atoms with van der Waals surface area (Å²) in [4.78, 5) is 50.4. The zero-order chi connectivity index (χ0) is 27.0. The number of nitrogens with zero attached hydrogens (tertiary/aromatic N) is 3. The molecule has 190 valence electrons. The van der Waals surface area contributed by atoms with Gasteiger partial charge in [0, 0.05) is 40.8 Å². The molecule has 2 heterocycles. The number of rotatable bonds is 6. The first-order valence-electron chi connectivity index (χ1n) is 12.1. The van der Waals surface area contributed by atoms with Crippen LogP contribution in [0, 0.1) is 17.0 Å². The van der Waals surface area contributed by atoms with E-state index in [1.54, 1.807) is 24.3 Å². The number of benzene rings is 3. The Hall–Kier alpha value is -5.05. The Morgan fingerprint density at radius 3 is 2.24 bits per heavy atom. The highest BCUT2D eigenvalue weighted by Crippen LogP contribution is 2.31. The number of hydrogen-bond donors (Lipinski definition) is 1. The molecular weight excluding hydrogens is 484 g/mol. The molecule has 0 atom stereocenters. The van der Waals surface area contributed by atoms with Crippen molar-refractivity contribution < 1.29 is 19.3 Å². The zero-order valence-corrected chi connectivity index (χ0v) is 20.8. The van der Waals surface area contributed by atoms with Crippen LogP contribution in [0.5, 0.6) is 0 Å². The number of imide groups is 2. The van der Waals surface area contributed by atoms with E-state index >= 15 is 0 Å². The third-order valence-corrected chi connectivity index (χ3v) is 6.76. The van der Waals surface area contributed by atoms with E-state index in [0.717, 1.165) is 39.0 Å². The SMILES string of the molecule is CCc1ccc(N2C(=O)NC(=O)/C(=C/c3c(C)n(Cc4ccc([N+](=O)[O-])cc4)c4ccccc34)C2=O)cc1. The van der Waals surface area contributed by atoms with Crippen LogP contribution in [0.2, 0.25) is 0 Å². The summed E-state index contributed by atoms with van der Waals surface area (Å²) < 4.78 is 2.03. The standard InChI is InChI=1S/C29H24N4O5/c1-3-19-8-12-21(13-9-19)32-28(35)25(27(34)30-29(32)36)16-24-18(2)31(26-7-5-4-6-23(24)26)17-20-10-14-22(15-11-20)33(37)38/h4-16H,3,17H2,1-2H3,(H,30,34,36)/b25-16-. The van der Waals surface area contributed by atoms with Gasteiger partial charge >= 0.3 is 6.03 Å². The Labute approximate surface area is 218 Å². The van der Waals surface area contributed by atoms with E-state index in [-0.39, 0.29) is 11.3 Å². The van der Waals surface area contributed by atoms with Crippen molar-refractivity contribution in [2.24, 2.45) is 0 Å². The lowest BCUT2D eigenvalue weighted by Crippen LogP contribution is -2.54. The minimum absolute atomic E-state index is 0.0125. The predicted molar refractivity (Wildman–Crippen MR) is 144 cm³/mol. The van der Waals surface area contributed by atoms with Gasteiger partial charge in [0.1, 0.15) is 5.57 Å².